The van der Waals surface area contributed by atoms with Crippen molar-refractivity contribution in [1.82, 2.24) is 0 Å². The molecule has 4 rings (SSSR count). The van der Waals surface area contributed by atoms with Gasteiger partial charge in [0, 0.05) is 0 Å². The molecule has 144 valence electrons. The molecule has 0 bridgehead atoms. The Morgan fingerprint density at radius 3 is 1.86 bits per heavy atom. The summed E-state index contributed by atoms with van der Waals surface area (Å²) in [5, 5.41) is 0. The quantitative estimate of drug-likeness (QED) is 0.498. The minimum absolute atomic E-state index is 0.0656. The topological polar surface area (TPSA) is 27.7 Å². The number of rotatable bonds is 8. The first-order chi connectivity index (χ1) is 13.9. The van der Waals surface area contributed by atoms with Gasteiger partial charge in [0.25, 0.3) is 0 Å². The Kier molecular flexibility index (Phi) is 6.93. The van der Waals surface area contributed by atoms with E-state index in [1.807, 2.05) is 36.4 Å². The van der Waals surface area contributed by atoms with Crippen molar-refractivity contribution in [1.29, 1.82) is 0 Å². The van der Waals surface area contributed by atoms with Crippen molar-refractivity contribution in [3.05, 3.63) is 102 Å². The second-order valence-electron chi connectivity index (χ2n) is 6.73. The van der Waals surface area contributed by atoms with Gasteiger partial charge in [-0.1, -0.05) is 0 Å². The average Bonchev–Trinajstić information content (AvgIpc) is 3.14. The van der Waals surface area contributed by atoms with E-state index in [0.29, 0.717) is 24.6 Å². The van der Waals surface area contributed by atoms with E-state index in [1.54, 1.807) is 0 Å². The van der Waals surface area contributed by atoms with Gasteiger partial charge < -0.3 is 0 Å². The molecule has 3 aromatic carbocycles. The van der Waals surface area contributed by atoms with E-state index in [0.717, 1.165) is 5.56 Å². The third-order valence-corrected chi connectivity index (χ3v) is 7.26. The average molecular weight is 439 g/mol. The predicted octanol–water partition coefficient (Wildman–Crippen LogP) is 3.96. The molecule has 0 saturated carbocycles. The van der Waals surface area contributed by atoms with Crippen molar-refractivity contribution in [2.75, 3.05) is 6.61 Å². The van der Waals surface area contributed by atoms with Crippen LogP contribution in [-0.4, -0.2) is 34.0 Å². The van der Waals surface area contributed by atoms with E-state index in [4.69, 9.17) is 14.2 Å². The maximum absolute atomic E-state index is 6.34. The molecule has 28 heavy (non-hydrogen) atoms. The molecule has 0 unspecified atom stereocenters. The molecule has 0 spiro atoms. The monoisotopic (exact) mass is 440 g/mol. The zero-order chi connectivity index (χ0) is 19.0. The van der Waals surface area contributed by atoms with Crippen LogP contribution in [0.3, 0.4) is 0 Å². The standard InChI is InChI=1S/C24H24O3Se/c1-4-10-19(11-5-1)16-25-23-22(28-21-14-8-3-9-15-21)18-27-24(23)26-17-20-12-6-2-7-13-20/h1-15,22-24H,16-18H2/t22-,23-,24-/m0/s1. The first-order valence-electron chi connectivity index (χ1n) is 9.53. The summed E-state index contributed by atoms with van der Waals surface area (Å²) >= 11 is 0.271. The Morgan fingerprint density at radius 2 is 1.25 bits per heavy atom. The summed E-state index contributed by atoms with van der Waals surface area (Å²) in [6, 6.07) is 31.1. The number of hydrogen-bond donors (Lipinski definition) is 0. The van der Waals surface area contributed by atoms with Crippen LogP contribution in [0.15, 0.2) is 91.0 Å². The maximum atomic E-state index is 6.34. The SMILES string of the molecule is c1ccc(CO[C@H]2OC[C@H]([Se]c3ccccc3)[C@@H]2OCc2ccccc2)cc1. The number of benzene rings is 3. The van der Waals surface area contributed by atoms with Gasteiger partial charge in [0.05, 0.1) is 0 Å². The Bertz CT molecular complexity index is 826. The van der Waals surface area contributed by atoms with Crippen molar-refractivity contribution in [2.24, 2.45) is 0 Å². The summed E-state index contributed by atoms with van der Waals surface area (Å²) < 4.78 is 19.9. The van der Waals surface area contributed by atoms with Gasteiger partial charge in [0.2, 0.25) is 0 Å². The summed E-state index contributed by atoms with van der Waals surface area (Å²) in [5.41, 5.74) is 2.31. The van der Waals surface area contributed by atoms with Gasteiger partial charge in [-0.15, -0.1) is 0 Å². The van der Waals surface area contributed by atoms with E-state index in [9.17, 15) is 0 Å². The number of hydrogen-bond acceptors (Lipinski definition) is 3. The second-order valence-corrected chi connectivity index (χ2v) is 9.48. The van der Waals surface area contributed by atoms with Gasteiger partial charge in [-0.2, -0.15) is 0 Å². The van der Waals surface area contributed by atoms with Crippen molar-refractivity contribution in [2.45, 2.75) is 30.4 Å². The van der Waals surface area contributed by atoms with Crippen molar-refractivity contribution in [3.63, 3.8) is 0 Å². The molecular formula is C24H24O3Se. The van der Waals surface area contributed by atoms with Gasteiger partial charge in [0.15, 0.2) is 0 Å². The molecule has 0 amide bonds. The Balaban J connectivity index is 1.43. The molecule has 3 nitrogen and oxygen atoms in total. The summed E-state index contributed by atoms with van der Waals surface area (Å²) in [6.07, 6.45) is -0.399. The van der Waals surface area contributed by atoms with Crippen LogP contribution in [-0.2, 0) is 27.4 Å². The van der Waals surface area contributed by atoms with Crippen molar-refractivity contribution >= 4 is 19.4 Å². The van der Waals surface area contributed by atoms with E-state index in [2.05, 4.69) is 54.6 Å². The van der Waals surface area contributed by atoms with Gasteiger partial charge in [-0.3, -0.25) is 0 Å². The summed E-state index contributed by atoms with van der Waals surface area (Å²) in [7, 11) is 0. The summed E-state index contributed by atoms with van der Waals surface area (Å²) in [6.45, 7) is 1.77. The molecule has 1 heterocycles. The normalized spacial score (nSPS) is 21.6. The fraction of sp³-hybridized carbons (Fsp3) is 0.250. The molecule has 1 aliphatic heterocycles. The van der Waals surface area contributed by atoms with Gasteiger partial charge in [-0.05, 0) is 0 Å². The molecule has 0 radical (unpaired) electrons. The van der Waals surface area contributed by atoms with Crippen LogP contribution in [0.4, 0.5) is 0 Å². The molecule has 0 aromatic heterocycles. The van der Waals surface area contributed by atoms with Crippen LogP contribution >= 0.6 is 0 Å². The Labute approximate surface area is 172 Å². The van der Waals surface area contributed by atoms with Crippen LogP contribution in [0.1, 0.15) is 11.1 Å². The van der Waals surface area contributed by atoms with E-state index in [-0.39, 0.29) is 27.4 Å². The first kappa shape index (κ1) is 19.4. The van der Waals surface area contributed by atoms with Gasteiger partial charge >= 0.3 is 173 Å². The zero-order valence-corrected chi connectivity index (χ0v) is 17.4. The van der Waals surface area contributed by atoms with Crippen molar-refractivity contribution < 1.29 is 14.2 Å². The first-order valence-corrected chi connectivity index (χ1v) is 11.4. The molecule has 4 heteroatoms. The second kappa shape index (κ2) is 10.0. The van der Waals surface area contributed by atoms with Gasteiger partial charge in [-0.25, -0.2) is 0 Å². The van der Waals surface area contributed by atoms with Crippen LogP contribution in [0, 0.1) is 0 Å². The Morgan fingerprint density at radius 1 is 0.714 bits per heavy atom. The van der Waals surface area contributed by atoms with Crippen LogP contribution in [0.2, 0.25) is 4.82 Å². The molecule has 1 aliphatic rings. The molecule has 1 saturated heterocycles. The van der Waals surface area contributed by atoms with Crippen molar-refractivity contribution in [3.8, 4) is 0 Å². The molecule has 3 atom stereocenters. The molecule has 3 aromatic rings. The fourth-order valence-corrected chi connectivity index (χ4v) is 5.59. The van der Waals surface area contributed by atoms with Crippen LogP contribution in [0.5, 0.6) is 0 Å². The van der Waals surface area contributed by atoms with Crippen LogP contribution in [0.25, 0.3) is 0 Å². The third-order valence-electron chi connectivity index (χ3n) is 4.63. The number of ether oxygens (including phenoxy) is 3. The fourth-order valence-electron chi connectivity index (χ4n) is 3.18. The van der Waals surface area contributed by atoms with Crippen LogP contribution < -0.4 is 4.46 Å². The molecule has 0 N–H and O–H groups in total. The molecular weight excluding hydrogens is 415 g/mol. The summed E-state index contributed by atoms with van der Waals surface area (Å²) in [5.74, 6) is 0. The predicted molar refractivity (Wildman–Crippen MR) is 112 cm³/mol. The van der Waals surface area contributed by atoms with E-state index >= 15 is 0 Å². The molecule has 0 aliphatic carbocycles. The summed E-state index contributed by atoms with van der Waals surface area (Å²) in [4.78, 5) is 0.333. The van der Waals surface area contributed by atoms with Gasteiger partial charge in [0.1, 0.15) is 0 Å². The van der Waals surface area contributed by atoms with E-state index in [1.165, 1.54) is 10.0 Å². The Hall–Kier alpha value is -1.94. The minimum atomic E-state index is -0.334. The molecule has 1 fully saturated rings. The van der Waals surface area contributed by atoms with E-state index < -0.39 is 0 Å². The zero-order valence-electron chi connectivity index (χ0n) is 15.6. The third kappa shape index (κ3) is 5.32.